The Balaban J connectivity index is 2.32. The average molecular weight is 269 g/mol. The van der Waals surface area contributed by atoms with Crippen LogP contribution in [0, 0.1) is 6.92 Å². The molecule has 0 saturated carbocycles. The molecule has 0 aromatic carbocycles. The number of halogens is 2. The van der Waals surface area contributed by atoms with Gasteiger partial charge in [-0.3, -0.25) is 9.97 Å². The van der Waals surface area contributed by atoms with Gasteiger partial charge in [-0.15, -0.1) is 11.6 Å². The van der Waals surface area contributed by atoms with E-state index < -0.39 is 0 Å². The van der Waals surface area contributed by atoms with Crippen LogP contribution in [0.5, 0.6) is 11.5 Å². The summed E-state index contributed by atoms with van der Waals surface area (Å²) in [5.41, 5.74) is 1.70. The molecule has 17 heavy (non-hydrogen) atoms. The summed E-state index contributed by atoms with van der Waals surface area (Å²) in [6.07, 6.45) is 4.85. The molecule has 2 aromatic heterocycles. The molecule has 0 saturated heterocycles. The summed E-state index contributed by atoms with van der Waals surface area (Å²) in [5, 5.41) is 0.528. The highest BCUT2D eigenvalue weighted by atomic mass is 35.5. The third kappa shape index (κ3) is 3.08. The van der Waals surface area contributed by atoms with Crippen molar-refractivity contribution in [1.29, 1.82) is 0 Å². The lowest BCUT2D eigenvalue weighted by atomic mass is 10.2. The van der Waals surface area contributed by atoms with Gasteiger partial charge in [-0.1, -0.05) is 11.6 Å². The molecule has 0 aliphatic rings. The Morgan fingerprint density at radius 2 is 2.06 bits per heavy atom. The third-order valence-electron chi connectivity index (χ3n) is 2.13. The fraction of sp³-hybridized carbons (Fsp3) is 0.167. The van der Waals surface area contributed by atoms with Crippen LogP contribution in [0.2, 0.25) is 5.02 Å². The van der Waals surface area contributed by atoms with E-state index in [1.165, 1.54) is 0 Å². The maximum atomic E-state index is 5.84. The van der Waals surface area contributed by atoms with Crippen molar-refractivity contribution in [3.8, 4) is 11.5 Å². The summed E-state index contributed by atoms with van der Waals surface area (Å²) in [6, 6.07) is 3.53. The lowest BCUT2D eigenvalue weighted by molar-refractivity contribution is 0.474. The molecule has 2 heterocycles. The van der Waals surface area contributed by atoms with Gasteiger partial charge in [-0.25, -0.2) is 0 Å². The minimum atomic E-state index is 0.344. The lowest BCUT2D eigenvalue weighted by Gasteiger charge is -2.09. The molecule has 5 heteroatoms. The van der Waals surface area contributed by atoms with Crippen molar-refractivity contribution in [3.63, 3.8) is 0 Å². The number of aromatic nitrogens is 2. The third-order valence-corrected chi connectivity index (χ3v) is 2.63. The van der Waals surface area contributed by atoms with E-state index in [1.807, 2.05) is 13.0 Å². The van der Waals surface area contributed by atoms with Crippen LogP contribution in [-0.2, 0) is 5.88 Å². The summed E-state index contributed by atoms with van der Waals surface area (Å²) in [5.74, 6) is 1.60. The second-order valence-electron chi connectivity index (χ2n) is 3.51. The summed E-state index contributed by atoms with van der Waals surface area (Å²) < 4.78 is 5.69. The molecule has 88 valence electrons. The van der Waals surface area contributed by atoms with E-state index >= 15 is 0 Å². The van der Waals surface area contributed by atoms with Crippen LogP contribution >= 0.6 is 23.2 Å². The van der Waals surface area contributed by atoms with E-state index in [9.17, 15) is 0 Å². The first-order valence-corrected chi connectivity index (χ1v) is 5.90. The molecule has 3 nitrogen and oxygen atoms in total. The maximum Gasteiger partial charge on any atom is 0.147 e. The monoisotopic (exact) mass is 268 g/mol. The van der Waals surface area contributed by atoms with Gasteiger partial charge in [0.25, 0.3) is 0 Å². The van der Waals surface area contributed by atoms with Crippen LogP contribution in [0.25, 0.3) is 0 Å². The summed E-state index contributed by atoms with van der Waals surface area (Å²) in [4.78, 5) is 8.12. The summed E-state index contributed by atoms with van der Waals surface area (Å²) >= 11 is 11.7. The molecule has 0 spiro atoms. The first-order valence-electron chi connectivity index (χ1n) is 4.99. The highest BCUT2D eigenvalue weighted by Gasteiger charge is 2.06. The lowest BCUT2D eigenvalue weighted by Crippen LogP contribution is -1.93. The fourth-order valence-electron chi connectivity index (χ4n) is 1.33. The SMILES string of the molecule is Cc1cc(Oc2cncc(Cl)c2)c(CCl)cn1. The quantitative estimate of drug-likeness (QED) is 0.791. The Labute approximate surface area is 109 Å². The van der Waals surface area contributed by atoms with E-state index in [-0.39, 0.29) is 0 Å². The first kappa shape index (κ1) is 12.1. The van der Waals surface area contributed by atoms with Crippen molar-refractivity contribution in [3.05, 3.63) is 47.0 Å². The number of aryl methyl sites for hydroxylation is 1. The Bertz CT molecular complexity index is 532. The van der Waals surface area contributed by atoms with Gasteiger partial charge < -0.3 is 4.74 Å². The highest BCUT2D eigenvalue weighted by molar-refractivity contribution is 6.30. The first-order chi connectivity index (χ1) is 8.19. The molecule has 2 rings (SSSR count). The van der Waals surface area contributed by atoms with Crippen molar-refractivity contribution in [2.45, 2.75) is 12.8 Å². The van der Waals surface area contributed by atoms with E-state index in [0.29, 0.717) is 22.4 Å². The van der Waals surface area contributed by atoms with Crippen LogP contribution < -0.4 is 4.74 Å². The molecule has 0 radical (unpaired) electrons. The molecule has 0 aliphatic carbocycles. The topological polar surface area (TPSA) is 35.0 Å². The van der Waals surface area contributed by atoms with Crippen molar-refractivity contribution < 1.29 is 4.74 Å². The van der Waals surface area contributed by atoms with Gasteiger partial charge in [0.1, 0.15) is 11.5 Å². The number of hydrogen-bond acceptors (Lipinski definition) is 3. The van der Waals surface area contributed by atoms with Gasteiger partial charge in [-0.2, -0.15) is 0 Å². The number of alkyl halides is 1. The van der Waals surface area contributed by atoms with Crippen molar-refractivity contribution in [2.24, 2.45) is 0 Å². The molecule has 0 N–H and O–H groups in total. The zero-order valence-electron chi connectivity index (χ0n) is 9.15. The molecule has 0 unspecified atom stereocenters. The minimum Gasteiger partial charge on any atom is -0.455 e. The van der Waals surface area contributed by atoms with E-state index in [2.05, 4.69) is 9.97 Å². The van der Waals surface area contributed by atoms with E-state index in [1.54, 1.807) is 24.7 Å². The van der Waals surface area contributed by atoms with Crippen LogP contribution in [-0.4, -0.2) is 9.97 Å². The normalized spacial score (nSPS) is 10.3. The van der Waals surface area contributed by atoms with Crippen LogP contribution in [0.3, 0.4) is 0 Å². The van der Waals surface area contributed by atoms with Gasteiger partial charge in [0.15, 0.2) is 0 Å². The van der Waals surface area contributed by atoms with Gasteiger partial charge >= 0.3 is 0 Å². The number of hydrogen-bond donors (Lipinski definition) is 0. The number of pyridine rings is 2. The number of rotatable bonds is 3. The van der Waals surface area contributed by atoms with Gasteiger partial charge in [-0.05, 0) is 6.92 Å². The van der Waals surface area contributed by atoms with E-state index in [0.717, 1.165) is 11.3 Å². The number of ether oxygens (including phenoxy) is 1. The number of nitrogens with zero attached hydrogens (tertiary/aromatic N) is 2. The fourth-order valence-corrected chi connectivity index (χ4v) is 1.70. The Morgan fingerprint density at radius 3 is 2.76 bits per heavy atom. The van der Waals surface area contributed by atoms with Crippen LogP contribution in [0.4, 0.5) is 0 Å². The second kappa shape index (κ2) is 5.34. The predicted molar refractivity (Wildman–Crippen MR) is 67.9 cm³/mol. The maximum absolute atomic E-state index is 5.84. The molecule has 0 amide bonds. The van der Waals surface area contributed by atoms with Gasteiger partial charge in [0, 0.05) is 35.8 Å². The molecular weight excluding hydrogens is 259 g/mol. The molecule has 0 aliphatic heterocycles. The minimum absolute atomic E-state index is 0.344. The molecule has 0 bridgehead atoms. The molecule has 2 aromatic rings. The zero-order valence-corrected chi connectivity index (χ0v) is 10.7. The Hall–Kier alpha value is -1.32. The second-order valence-corrected chi connectivity index (χ2v) is 4.21. The van der Waals surface area contributed by atoms with Crippen LogP contribution in [0.1, 0.15) is 11.3 Å². The standard InChI is InChI=1S/C12H10Cl2N2O/c1-8-2-12(9(4-13)5-16-8)17-11-3-10(14)6-15-7-11/h2-3,5-7H,4H2,1H3. The van der Waals surface area contributed by atoms with Gasteiger partial charge in [0.05, 0.1) is 17.1 Å². The predicted octanol–water partition coefficient (Wildman–Crippen LogP) is 3.97. The zero-order chi connectivity index (χ0) is 12.3. The Morgan fingerprint density at radius 1 is 1.24 bits per heavy atom. The van der Waals surface area contributed by atoms with Crippen LogP contribution in [0.15, 0.2) is 30.7 Å². The largest absolute Gasteiger partial charge is 0.455 e. The molecule has 0 atom stereocenters. The van der Waals surface area contributed by atoms with Gasteiger partial charge in [0.2, 0.25) is 0 Å². The Kier molecular flexibility index (Phi) is 3.82. The molecule has 0 fully saturated rings. The average Bonchev–Trinajstić information content (AvgIpc) is 2.29. The highest BCUT2D eigenvalue weighted by Crippen LogP contribution is 2.27. The van der Waals surface area contributed by atoms with Crippen molar-refractivity contribution >= 4 is 23.2 Å². The van der Waals surface area contributed by atoms with E-state index in [4.69, 9.17) is 27.9 Å². The molecular formula is C12H10Cl2N2O. The van der Waals surface area contributed by atoms with Crippen molar-refractivity contribution in [1.82, 2.24) is 9.97 Å². The summed E-state index contributed by atoms with van der Waals surface area (Å²) in [6.45, 7) is 1.89. The van der Waals surface area contributed by atoms with Crippen molar-refractivity contribution in [2.75, 3.05) is 0 Å². The smallest absolute Gasteiger partial charge is 0.147 e. The summed E-state index contributed by atoms with van der Waals surface area (Å²) in [7, 11) is 0.